The van der Waals surface area contributed by atoms with E-state index in [4.69, 9.17) is 22.4 Å². The predicted molar refractivity (Wildman–Crippen MR) is 230 cm³/mol. The SMILES string of the molecule is C[C@@H]1NC(=O)[C@@H](N(C)C(=O)[C@H](CCCCN)NC(=O)c2ccc(-c3ccc(Cl)cc3)cc2)c2ccc(O)c(c2)-c2cc(ccc2O)C[C@@H](C(=O)N[C@@H](C)C(=O)C(F)(F)C(=O)O)NC1=O. The summed E-state index contributed by atoms with van der Waals surface area (Å²) in [5, 5.41) is 41.2. The first-order chi connectivity index (χ1) is 30.2. The van der Waals surface area contributed by atoms with Crippen LogP contribution in [0.25, 0.3) is 22.3 Å². The standard InChI is InChI=1S/C45H47ClF2N6O10/c1-23(38(57)45(47,48)44(63)64)50-41(60)34-21-25-7-17-35(55)31(20-25)32-22-29(14-18-36(32)56)37(42(61)51-24(2)39(58)53-34)54(3)43(62)33(6-4-5-19-49)52-40(59)28-10-8-26(9-11-28)27-12-15-30(46)16-13-27/h7-18,20,22-24,33-34,37,55-56H,4-6,19,21,49H2,1-3H3,(H,50,60)(H,51,61)(H,52,59)(H,53,58)(H,63,64)/t23-,24-,33-,34-,37-/m0/s1. The quantitative estimate of drug-likeness (QED) is 0.0666. The second-order valence-electron chi connectivity index (χ2n) is 15.3. The van der Waals surface area contributed by atoms with Gasteiger partial charge in [-0.15, -0.1) is 0 Å². The number of carboxylic acid groups (broad SMARTS) is 1. The Labute approximate surface area is 371 Å². The fourth-order valence-electron chi connectivity index (χ4n) is 7.09. The Balaban J connectivity index is 1.49. The smallest absolute Gasteiger partial charge is 0.401 e. The molecule has 0 radical (unpaired) electrons. The number of rotatable bonds is 14. The van der Waals surface area contributed by atoms with Crippen molar-refractivity contribution in [3.05, 3.63) is 107 Å². The predicted octanol–water partition coefficient (Wildman–Crippen LogP) is 3.85. The largest absolute Gasteiger partial charge is 0.507 e. The number of aromatic hydroxyl groups is 2. The highest BCUT2D eigenvalue weighted by Gasteiger charge is 2.50. The second-order valence-corrected chi connectivity index (χ2v) is 15.8. The lowest BCUT2D eigenvalue weighted by Crippen LogP contribution is -2.58. The van der Waals surface area contributed by atoms with Gasteiger partial charge in [-0.25, -0.2) is 4.79 Å². The lowest BCUT2D eigenvalue weighted by atomic mass is 9.93. The third-order valence-corrected chi connectivity index (χ3v) is 11.0. The molecule has 0 fully saturated rings. The van der Waals surface area contributed by atoms with Crippen LogP contribution < -0.4 is 27.0 Å². The number of amides is 5. The van der Waals surface area contributed by atoms with Gasteiger partial charge in [-0.05, 0) is 110 Å². The molecule has 0 saturated carbocycles. The number of hydrogen-bond acceptors (Lipinski definition) is 10. The van der Waals surface area contributed by atoms with E-state index in [1.54, 1.807) is 36.4 Å². The number of phenols is 2. The van der Waals surface area contributed by atoms with Gasteiger partial charge in [0.2, 0.25) is 29.4 Å². The van der Waals surface area contributed by atoms with Crippen LogP contribution >= 0.6 is 11.6 Å². The van der Waals surface area contributed by atoms with Crippen LogP contribution in [-0.2, 0) is 35.2 Å². The highest BCUT2D eigenvalue weighted by Crippen LogP contribution is 2.39. The Morgan fingerprint density at radius 3 is 2.06 bits per heavy atom. The first-order valence-corrected chi connectivity index (χ1v) is 20.5. The van der Waals surface area contributed by atoms with E-state index in [2.05, 4.69) is 16.0 Å². The molecule has 0 unspecified atom stereocenters. The highest BCUT2D eigenvalue weighted by molar-refractivity contribution is 6.30. The van der Waals surface area contributed by atoms with Crippen molar-refractivity contribution >= 4 is 52.9 Å². The molecule has 0 aromatic heterocycles. The number of halogens is 3. The Morgan fingerprint density at radius 1 is 0.859 bits per heavy atom. The van der Waals surface area contributed by atoms with Gasteiger partial charge in [-0.3, -0.25) is 28.8 Å². The summed E-state index contributed by atoms with van der Waals surface area (Å²) < 4.78 is 28.1. The van der Waals surface area contributed by atoms with E-state index in [1.807, 2.05) is 17.4 Å². The van der Waals surface area contributed by atoms with E-state index in [0.29, 0.717) is 24.4 Å². The van der Waals surface area contributed by atoms with Gasteiger partial charge >= 0.3 is 11.9 Å². The molecule has 9 N–H and O–H groups in total. The molecule has 1 aliphatic heterocycles. The molecule has 19 heteroatoms. The van der Waals surface area contributed by atoms with Crippen molar-refractivity contribution in [1.82, 2.24) is 26.2 Å². The highest BCUT2D eigenvalue weighted by atomic mass is 35.5. The van der Waals surface area contributed by atoms with Gasteiger partial charge < -0.3 is 47.2 Å². The maximum Gasteiger partial charge on any atom is 0.401 e. The molecule has 0 aliphatic carbocycles. The number of hydrogen-bond donors (Lipinski definition) is 8. The average Bonchev–Trinajstić information content (AvgIpc) is 3.26. The van der Waals surface area contributed by atoms with Crippen LogP contribution in [0, 0.1) is 0 Å². The van der Waals surface area contributed by atoms with Crippen molar-refractivity contribution in [1.29, 1.82) is 0 Å². The Hall–Kier alpha value is -6.92. The number of aliphatic carboxylic acids is 1. The Morgan fingerprint density at radius 2 is 1.45 bits per heavy atom. The van der Waals surface area contributed by atoms with Crippen molar-refractivity contribution < 1.29 is 57.7 Å². The summed E-state index contributed by atoms with van der Waals surface area (Å²) in [6.45, 7) is 2.40. The number of unbranched alkanes of at least 4 members (excludes halogenated alkanes) is 1. The van der Waals surface area contributed by atoms with Gasteiger partial charge in [0.1, 0.15) is 35.7 Å². The molecule has 4 aromatic rings. The molecule has 1 aliphatic rings. The van der Waals surface area contributed by atoms with Crippen molar-refractivity contribution in [2.24, 2.45) is 5.73 Å². The maximum atomic E-state index is 14.5. The molecule has 338 valence electrons. The Kier molecular flexibility index (Phi) is 15.4. The second kappa shape index (κ2) is 20.5. The molecule has 16 nitrogen and oxygen atoms in total. The number of nitrogens with two attached hydrogens (primary N) is 1. The minimum Gasteiger partial charge on any atom is -0.507 e. The molecule has 1 heterocycles. The van der Waals surface area contributed by atoms with Gasteiger partial charge in [0.25, 0.3) is 5.91 Å². The molecule has 64 heavy (non-hydrogen) atoms. The van der Waals surface area contributed by atoms with Crippen LogP contribution in [0.2, 0.25) is 5.02 Å². The maximum absolute atomic E-state index is 14.5. The third-order valence-electron chi connectivity index (χ3n) is 10.7. The molecule has 4 aromatic carbocycles. The van der Waals surface area contributed by atoms with Gasteiger partial charge in [-0.2, -0.15) is 8.78 Å². The number of Topliss-reactive ketones (excluding diaryl/α,β-unsaturated/α-hetero) is 1. The summed E-state index contributed by atoms with van der Waals surface area (Å²) in [4.78, 5) is 94.1. The summed E-state index contributed by atoms with van der Waals surface area (Å²) in [5.74, 6) is -14.8. The first kappa shape index (κ1) is 48.1. The number of carbonyl (C=O) groups is 7. The zero-order valence-electron chi connectivity index (χ0n) is 34.9. The van der Waals surface area contributed by atoms with E-state index >= 15 is 0 Å². The van der Waals surface area contributed by atoms with Crippen LogP contribution in [0.4, 0.5) is 8.78 Å². The van der Waals surface area contributed by atoms with E-state index in [0.717, 1.165) is 23.0 Å². The van der Waals surface area contributed by atoms with Crippen molar-refractivity contribution in [2.45, 2.75) is 75.7 Å². The molecule has 5 atom stereocenters. The topological polar surface area (TPSA) is 258 Å². The zero-order chi connectivity index (χ0) is 47.0. The number of nitrogens with one attached hydrogen (secondary N) is 4. The molecule has 0 saturated heterocycles. The average molecular weight is 905 g/mol. The normalized spacial score (nSPS) is 17.4. The molecular weight excluding hydrogens is 858 g/mol. The molecule has 4 bridgehead atoms. The fourth-order valence-corrected chi connectivity index (χ4v) is 7.22. The number of carboxylic acids is 1. The van der Waals surface area contributed by atoms with E-state index in [9.17, 15) is 52.6 Å². The number of carbonyl (C=O) groups excluding carboxylic acids is 6. The lowest BCUT2D eigenvalue weighted by Gasteiger charge is -2.32. The summed E-state index contributed by atoms with van der Waals surface area (Å²) in [5.41, 5.74) is 7.99. The van der Waals surface area contributed by atoms with Crippen LogP contribution in [0.5, 0.6) is 11.5 Å². The molecule has 5 amide bonds. The fraction of sp³-hybridized carbons (Fsp3) is 0.311. The Bertz CT molecular complexity index is 2440. The number of benzene rings is 4. The number of fused-ring (bicyclic) bond motifs is 5. The van der Waals surface area contributed by atoms with Crippen LogP contribution in [0.15, 0.2) is 84.9 Å². The number of nitrogens with zero attached hydrogens (tertiary/aromatic N) is 1. The lowest BCUT2D eigenvalue weighted by molar-refractivity contribution is -0.172. The van der Waals surface area contributed by atoms with Crippen LogP contribution in [0.1, 0.15) is 60.6 Å². The summed E-state index contributed by atoms with van der Waals surface area (Å²) in [6, 6.07) is 13.8. The minimum absolute atomic E-state index is 0.0143. The summed E-state index contributed by atoms with van der Waals surface area (Å²) >= 11 is 6.02. The molecule has 0 spiro atoms. The molecular formula is C45H47ClF2N6O10. The monoisotopic (exact) mass is 904 g/mol. The number of phenolic OH excluding ortho intramolecular Hbond substituents is 2. The van der Waals surface area contributed by atoms with E-state index in [1.165, 1.54) is 50.4 Å². The third kappa shape index (κ3) is 11.2. The van der Waals surface area contributed by atoms with Gasteiger partial charge in [0, 0.05) is 35.2 Å². The van der Waals surface area contributed by atoms with Crippen molar-refractivity contribution in [2.75, 3.05) is 13.6 Å². The number of likely N-dealkylation sites (N-methyl/N-ethyl adjacent to an activating group) is 1. The molecule has 5 rings (SSSR count). The zero-order valence-corrected chi connectivity index (χ0v) is 35.6. The first-order valence-electron chi connectivity index (χ1n) is 20.1. The minimum atomic E-state index is -4.84. The van der Waals surface area contributed by atoms with Crippen molar-refractivity contribution in [3.63, 3.8) is 0 Å². The van der Waals surface area contributed by atoms with E-state index < -0.39 is 77.4 Å². The van der Waals surface area contributed by atoms with Crippen molar-refractivity contribution in [3.8, 4) is 33.8 Å². The number of ketones is 1. The number of alkyl halides is 2. The summed E-state index contributed by atoms with van der Waals surface area (Å²) in [7, 11) is 1.31. The van der Waals surface area contributed by atoms with Crippen LogP contribution in [-0.4, -0.2) is 105 Å². The van der Waals surface area contributed by atoms with Gasteiger partial charge in [0.05, 0.1) is 6.04 Å². The van der Waals surface area contributed by atoms with Gasteiger partial charge in [-0.1, -0.05) is 48.0 Å². The summed E-state index contributed by atoms with van der Waals surface area (Å²) in [6.07, 6.45) is 0.646. The van der Waals surface area contributed by atoms with Crippen LogP contribution in [0.3, 0.4) is 0 Å². The van der Waals surface area contributed by atoms with E-state index in [-0.39, 0.29) is 52.2 Å². The van der Waals surface area contributed by atoms with Gasteiger partial charge in [0.15, 0.2) is 0 Å².